The summed E-state index contributed by atoms with van der Waals surface area (Å²) in [4.78, 5) is 4.23. The predicted molar refractivity (Wildman–Crippen MR) is 72.6 cm³/mol. The number of ether oxygens (including phenoxy) is 1. The van der Waals surface area contributed by atoms with Gasteiger partial charge in [-0.25, -0.2) is 4.98 Å². The van der Waals surface area contributed by atoms with Crippen LogP contribution in [0.4, 0.5) is 0 Å². The molecule has 18 heavy (non-hydrogen) atoms. The molecule has 1 aromatic rings. The molecule has 1 fully saturated rings. The van der Waals surface area contributed by atoms with E-state index in [-0.39, 0.29) is 5.41 Å². The second kappa shape index (κ2) is 5.41. The van der Waals surface area contributed by atoms with Crippen molar-refractivity contribution in [3.8, 4) is 0 Å². The van der Waals surface area contributed by atoms with Crippen LogP contribution in [0.3, 0.4) is 0 Å². The molecule has 1 aliphatic carbocycles. The average Bonchev–Trinajstić information content (AvgIpc) is 2.73. The number of nitrogens with one attached hydrogen (secondary N) is 1. The Morgan fingerprint density at radius 3 is 2.89 bits per heavy atom. The molecule has 0 aliphatic heterocycles. The van der Waals surface area contributed by atoms with E-state index in [2.05, 4.69) is 35.6 Å². The van der Waals surface area contributed by atoms with Crippen molar-refractivity contribution >= 4 is 0 Å². The summed E-state index contributed by atoms with van der Waals surface area (Å²) in [6.45, 7) is 11.5. The third kappa shape index (κ3) is 2.59. The molecule has 1 heterocycles. The van der Waals surface area contributed by atoms with Gasteiger partial charge in [-0.2, -0.15) is 0 Å². The van der Waals surface area contributed by atoms with E-state index in [1.165, 1.54) is 0 Å². The van der Waals surface area contributed by atoms with Gasteiger partial charge in [-0.05, 0) is 20.3 Å². The minimum Gasteiger partial charge on any atom is -0.378 e. The molecule has 4 nitrogen and oxygen atoms in total. The van der Waals surface area contributed by atoms with Gasteiger partial charge in [-0.1, -0.05) is 13.8 Å². The largest absolute Gasteiger partial charge is 0.378 e. The van der Waals surface area contributed by atoms with E-state index >= 15 is 0 Å². The lowest BCUT2D eigenvalue weighted by Crippen LogP contribution is -2.61. The quantitative estimate of drug-likeness (QED) is 0.840. The Morgan fingerprint density at radius 2 is 2.33 bits per heavy atom. The van der Waals surface area contributed by atoms with E-state index in [1.807, 2.05) is 19.3 Å². The van der Waals surface area contributed by atoms with Crippen LogP contribution in [0.5, 0.6) is 0 Å². The molecule has 0 spiro atoms. The maximum atomic E-state index is 5.74. The van der Waals surface area contributed by atoms with Crippen LogP contribution in [-0.2, 0) is 11.3 Å². The zero-order chi connectivity index (χ0) is 13.2. The van der Waals surface area contributed by atoms with Crippen LogP contribution < -0.4 is 5.32 Å². The smallest absolute Gasteiger partial charge is 0.105 e. The van der Waals surface area contributed by atoms with Crippen molar-refractivity contribution < 1.29 is 4.74 Å². The van der Waals surface area contributed by atoms with Crippen molar-refractivity contribution in [1.29, 1.82) is 0 Å². The van der Waals surface area contributed by atoms with E-state index in [0.717, 1.165) is 31.9 Å². The number of hydrogen-bond donors (Lipinski definition) is 1. The van der Waals surface area contributed by atoms with Gasteiger partial charge in [-0.3, -0.25) is 0 Å². The summed E-state index contributed by atoms with van der Waals surface area (Å²) in [6.07, 6.45) is 5.43. The fraction of sp³-hybridized carbons (Fsp3) is 0.786. The summed E-state index contributed by atoms with van der Waals surface area (Å²) >= 11 is 0. The lowest BCUT2D eigenvalue weighted by atomic mass is 9.64. The molecular formula is C14H25N3O. The van der Waals surface area contributed by atoms with Crippen molar-refractivity contribution in [1.82, 2.24) is 14.9 Å². The zero-order valence-corrected chi connectivity index (χ0v) is 11.9. The maximum absolute atomic E-state index is 5.74. The first-order valence-electron chi connectivity index (χ1n) is 6.88. The first kappa shape index (κ1) is 13.6. The summed E-state index contributed by atoms with van der Waals surface area (Å²) in [7, 11) is 0. The molecule has 1 aromatic heterocycles. The normalized spacial score (nSPS) is 26.0. The first-order chi connectivity index (χ1) is 8.55. The Hall–Kier alpha value is -0.870. The second-order valence-electron chi connectivity index (χ2n) is 5.68. The van der Waals surface area contributed by atoms with Gasteiger partial charge < -0.3 is 14.6 Å². The highest BCUT2D eigenvalue weighted by molar-refractivity contribution is 5.02. The molecule has 2 unspecified atom stereocenters. The highest BCUT2D eigenvalue weighted by Crippen LogP contribution is 2.42. The van der Waals surface area contributed by atoms with Crippen LogP contribution in [0, 0.1) is 12.3 Å². The summed E-state index contributed by atoms with van der Waals surface area (Å²) in [5, 5.41) is 3.63. The third-order valence-corrected chi connectivity index (χ3v) is 4.21. The van der Waals surface area contributed by atoms with Gasteiger partial charge in [0.2, 0.25) is 0 Å². The molecule has 1 aliphatic rings. The van der Waals surface area contributed by atoms with Gasteiger partial charge >= 0.3 is 0 Å². The van der Waals surface area contributed by atoms with E-state index in [1.54, 1.807) is 0 Å². The van der Waals surface area contributed by atoms with Gasteiger partial charge in [0, 0.05) is 43.5 Å². The van der Waals surface area contributed by atoms with E-state index in [4.69, 9.17) is 4.74 Å². The average molecular weight is 251 g/mol. The molecule has 2 rings (SSSR count). The Labute approximate surface area is 110 Å². The molecule has 0 amide bonds. The van der Waals surface area contributed by atoms with Crippen LogP contribution >= 0.6 is 0 Å². The number of rotatable bonds is 6. The summed E-state index contributed by atoms with van der Waals surface area (Å²) in [5.41, 5.74) is 0.250. The molecular weight excluding hydrogens is 226 g/mol. The van der Waals surface area contributed by atoms with Crippen LogP contribution in [0.1, 0.15) is 33.0 Å². The Kier molecular flexibility index (Phi) is 4.07. The van der Waals surface area contributed by atoms with Crippen molar-refractivity contribution in [3.63, 3.8) is 0 Å². The van der Waals surface area contributed by atoms with Gasteiger partial charge in [0.25, 0.3) is 0 Å². The SMILES string of the molecule is CCOC1CC(NCCn2ccnc2C)C1(C)C. The van der Waals surface area contributed by atoms with Crippen LogP contribution in [0.2, 0.25) is 0 Å². The topological polar surface area (TPSA) is 39.1 Å². The highest BCUT2D eigenvalue weighted by atomic mass is 16.5. The van der Waals surface area contributed by atoms with Crippen LogP contribution in [0.15, 0.2) is 12.4 Å². The minimum atomic E-state index is 0.250. The fourth-order valence-corrected chi connectivity index (χ4v) is 2.72. The number of aryl methyl sites for hydroxylation is 1. The van der Waals surface area contributed by atoms with Crippen molar-refractivity contribution in [2.45, 2.75) is 52.8 Å². The summed E-state index contributed by atoms with van der Waals surface area (Å²) in [5.74, 6) is 1.08. The van der Waals surface area contributed by atoms with Crippen molar-refractivity contribution in [2.75, 3.05) is 13.2 Å². The van der Waals surface area contributed by atoms with E-state index in [9.17, 15) is 0 Å². The van der Waals surface area contributed by atoms with Gasteiger partial charge in [0.05, 0.1) is 6.10 Å². The number of imidazole rings is 1. The Bertz CT molecular complexity index is 386. The second-order valence-corrected chi connectivity index (χ2v) is 5.68. The lowest BCUT2D eigenvalue weighted by molar-refractivity contribution is -0.114. The van der Waals surface area contributed by atoms with Crippen molar-refractivity contribution in [3.05, 3.63) is 18.2 Å². The molecule has 1 saturated carbocycles. The molecule has 0 bridgehead atoms. The zero-order valence-electron chi connectivity index (χ0n) is 11.9. The summed E-state index contributed by atoms with van der Waals surface area (Å²) < 4.78 is 7.92. The molecule has 1 N–H and O–H groups in total. The molecule has 0 saturated heterocycles. The monoisotopic (exact) mass is 251 g/mol. The van der Waals surface area contributed by atoms with Crippen LogP contribution in [-0.4, -0.2) is 34.8 Å². The van der Waals surface area contributed by atoms with E-state index in [0.29, 0.717) is 12.1 Å². The molecule has 4 heteroatoms. The highest BCUT2D eigenvalue weighted by Gasteiger charge is 2.48. The molecule has 2 atom stereocenters. The summed E-state index contributed by atoms with van der Waals surface area (Å²) in [6, 6.07) is 0.567. The molecule has 102 valence electrons. The van der Waals surface area contributed by atoms with Gasteiger partial charge in [0.15, 0.2) is 0 Å². The lowest BCUT2D eigenvalue weighted by Gasteiger charge is -2.52. The Morgan fingerprint density at radius 1 is 1.56 bits per heavy atom. The van der Waals surface area contributed by atoms with Crippen LogP contribution in [0.25, 0.3) is 0 Å². The fourth-order valence-electron chi connectivity index (χ4n) is 2.72. The standard InChI is InChI=1S/C14H25N3O/c1-5-18-13-10-12(14(13,3)4)16-7-9-17-8-6-15-11(17)2/h6,8,12-13,16H,5,7,9-10H2,1-4H3. The predicted octanol–water partition coefficient (Wildman–Crippen LogP) is 1.98. The molecule has 0 radical (unpaired) electrons. The third-order valence-electron chi connectivity index (χ3n) is 4.21. The maximum Gasteiger partial charge on any atom is 0.105 e. The van der Waals surface area contributed by atoms with E-state index < -0.39 is 0 Å². The molecule has 0 aromatic carbocycles. The number of hydrogen-bond acceptors (Lipinski definition) is 3. The van der Waals surface area contributed by atoms with Gasteiger partial charge in [-0.15, -0.1) is 0 Å². The number of nitrogens with zero attached hydrogens (tertiary/aromatic N) is 2. The minimum absolute atomic E-state index is 0.250. The van der Waals surface area contributed by atoms with Gasteiger partial charge in [0.1, 0.15) is 5.82 Å². The Balaban J connectivity index is 1.74. The number of aromatic nitrogens is 2. The van der Waals surface area contributed by atoms with Crippen molar-refractivity contribution in [2.24, 2.45) is 5.41 Å². The first-order valence-corrected chi connectivity index (χ1v) is 6.88.